The van der Waals surface area contributed by atoms with Crippen LogP contribution in [0.2, 0.25) is 11.6 Å². The Morgan fingerprint density at radius 3 is 2.10 bits per heavy atom. The average molecular weight is 678 g/mol. The summed E-state index contributed by atoms with van der Waals surface area (Å²) in [7, 11) is 0. The van der Waals surface area contributed by atoms with Gasteiger partial charge in [0.15, 0.2) is 14.0 Å². The summed E-state index contributed by atoms with van der Waals surface area (Å²) in [6, 6.07) is 11.3. The highest BCUT2D eigenvalue weighted by molar-refractivity contribution is 14.2. The Kier molecular flexibility index (Phi) is 5.13. The fourth-order valence-electron chi connectivity index (χ4n) is 9.13. The molecule has 1 aromatic carbocycles. The van der Waals surface area contributed by atoms with Crippen molar-refractivity contribution in [3.8, 4) is 0 Å². The van der Waals surface area contributed by atoms with Gasteiger partial charge >= 0.3 is 0 Å². The topological polar surface area (TPSA) is 0 Å². The zero-order valence-corrected chi connectivity index (χ0v) is 24.5. The Bertz CT molecular complexity index is 874. The molecule has 0 saturated heterocycles. The number of hydrogen-bond donors (Lipinski definition) is 0. The molecule has 7 heteroatoms. The van der Waals surface area contributed by atoms with E-state index in [1.807, 2.05) is 0 Å². The molecule has 0 N–H and O–H groups in total. The smallest absolute Gasteiger partial charge is 0.122 e. The summed E-state index contributed by atoms with van der Waals surface area (Å²) in [4.78, 5) is 0. The molecule has 0 radical (unpaired) electrons. The molecule has 1 aromatic rings. The summed E-state index contributed by atoms with van der Waals surface area (Å²) in [6.45, 7) is 8.10. The standard InChI is InChI=1S/C23H29B2ClI2P2/c1-23(2,10-6-4-3-5-7-10)30(28)25-20-14-9-12-16(20)18(12)22(14)29(27)24-19-13-8-11-15(19)17(11)21(13)26/h3-7,11-22,24-25H,8-9H2,1-2H3. The maximum absolute atomic E-state index is 6.79. The molecule has 30 heavy (non-hydrogen) atoms. The second kappa shape index (κ2) is 7.24. The first-order valence-electron chi connectivity index (χ1n) is 11.9. The monoisotopic (exact) mass is 678 g/mol. The lowest BCUT2D eigenvalue weighted by Crippen LogP contribution is -2.21. The van der Waals surface area contributed by atoms with Crippen LogP contribution >= 0.6 is 66.6 Å². The second-order valence-corrected chi connectivity index (χ2v) is 23.4. The van der Waals surface area contributed by atoms with Gasteiger partial charge < -0.3 is 0 Å². The summed E-state index contributed by atoms with van der Waals surface area (Å²) in [5.74, 6) is 10.5. The van der Waals surface area contributed by atoms with Crippen LogP contribution in [0.15, 0.2) is 30.3 Å². The van der Waals surface area contributed by atoms with E-state index in [1.54, 1.807) is 19.0 Å². The normalized spacial score (nSPS) is 53.0. The van der Waals surface area contributed by atoms with Crippen LogP contribution in [0.4, 0.5) is 0 Å². The van der Waals surface area contributed by atoms with Gasteiger partial charge in [-0.05, 0) is 71.4 Å². The lowest BCUT2D eigenvalue weighted by atomic mass is 9.77. The van der Waals surface area contributed by atoms with Crippen molar-refractivity contribution < 1.29 is 0 Å². The average Bonchev–Trinajstić information content (AvgIpc) is 3.14. The highest BCUT2D eigenvalue weighted by Crippen LogP contribution is 2.85. The van der Waals surface area contributed by atoms with E-state index in [0.29, 0.717) is 10.5 Å². The van der Waals surface area contributed by atoms with Gasteiger partial charge in [-0.1, -0.05) is 111 Å². The van der Waals surface area contributed by atoms with Crippen LogP contribution in [-0.2, 0) is 5.16 Å². The third kappa shape index (κ3) is 2.85. The van der Waals surface area contributed by atoms with Crippen LogP contribution in [0.1, 0.15) is 32.3 Å². The summed E-state index contributed by atoms with van der Waals surface area (Å²) >= 11 is 12.6. The number of hydrogen-bond acceptors (Lipinski definition) is 0. The van der Waals surface area contributed by atoms with E-state index in [4.69, 9.17) is 11.6 Å². The fourth-order valence-corrected chi connectivity index (χ4v) is 20.2. The van der Waals surface area contributed by atoms with Gasteiger partial charge in [-0.2, -0.15) is 0 Å². The SMILES string of the molecule is CC(C)(c1ccccc1)P(I)BC1C2CC3C1C3C2P(I)BC1C2CC3C(C2Cl)C13. The highest BCUT2D eigenvalue weighted by Gasteiger charge is 2.76. The highest BCUT2D eigenvalue weighted by atomic mass is 127. The van der Waals surface area contributed by atoms with Crippen molar-refractivity contribution in [3.05, 3.63) is 35.9 Å². The molecule has 0 aliphatic heterocycles. The van der Waals surface area contributed by atoms with Crippen molar-refractivity contribution in [1.82, 2.24) is 0 Å². The molecule has 0 heterocycles. The van der Waals surface area contributed by atoms with Gasteiger partial charge in [0.05, 0.1) is 0 Å². The molecular formula is C23H29B2ClI2P2. The van der Waals surface area contributed by atoms with E-state index >= 15 is 0 Å². The molecule has 14 unspecified atom stereocenters. The Balaban J connectivity index is 1.04. The van der Waals surface area contributed by atoms with E-state index in [9.17, 15) is 0 Å². The van der Waals surface area contributed by atoms with Crippen LogP contribution in [0.5, 0.6) is 0 Å². The van der Waals surface area contributed by atoms with Crippen molar-refractivity contribution >= 4 is 80.6 Å². The Morgan fingerprint density at radius 2 is 1.50 bits per heavy atom. The van der Waals surface area contributed by atoms with Crippen molar-refractivity contribution in [1.29, 1.82) is 0 Å². The van der Waals surface area contributed by atoms with E-state index in [1.165, 1.54) is 13.4 Å². The Morgan fingerprint density at radius 1 is 0.867 bits per heavy atom. The molecule has 8 fully saturated rings. The summed E-state index contributed by atoms with van der Waals surface area (Å²) in [6.07, 6.45) is 3.09. The maximum atomic E-state index is 6.79. The number of benzene rings is 1. The van der Waals surface area contributed by atoms with Gasteiger partial charge in [0.1, 0.15) is 0 Å². The van der Waals surface area contributed by atoms with Gasteiger partial charge in [0, 0.05) is 10.5 Å². The van der Waals surface area contributed by atoms with Crippen LogP contribution in [0.3, 0.4) is 0 Å². The molecule has 0 spiro atoms. The zero-order valence-electron chi connectivity index (χ0n) is 17.7. The summed E-state index contributed by atoms with van der Waals surface area (Å²) in [5.41, 5.74) is 2.84. The zero-order chi connectivity index (χ0) is 20.5. The maximum Gasteiger partial charge on any atom is 0.170 e. The minimum Gasteiger partial charge on any atom is -0.122 e. The Hall–Kier alpha value is 1.96. The van der Waals surface area contributed by atoms with Crippen LogP contribution < -0.4 is 0 Å². The lowest BCUT2D eigenvalue weighted by molar-refractivity contribution is 0.604. The van der Waals surface area contributed by atoms with E-state index < -0.39 is 0 Å². The Labute approximate surface area is 216 Å². The molecule has 14 atom stereocenters. The van der Waals surface area contributed by atoms with Crippen molar-refractivity contribution in [2.75, 3.05) is 0 Å². The number of rotatable bonds is 7. The van der Waals surface area contributed by atoms with E-state index in [-0.39, 0.29) is 10.9 Å². The van der Waals surface area contributed by atoms with Crippen molar-refractivity contribution in [2.45, 2.75) is 54.5 Å². The molecule has 8 saturated carbocycles. The second-order valence-electron chi connectivity index (χ2n) is 11.8. The molecule has 0 aromatic heterocycles. The first-order valence-corrected chi connectivity index (χ1v) is 21.1. The minimum atomic E-state index is -0.0120. The quantitative estimate of drug-likeness (QED) is 0.121. The number of alkyl halides is 1. The molecule has 0 nitrogen and oxygen atoms in total. The van der Waals surface area contributed by atoms with Gasteiger partial charge in [0.25, 0.3) is 0 Å². The van der Waals surface area contributed by atoms with Gasteiger partial charge in [0.2, 0.25) is 0 Å². The summed E-state index contributed by atoms with van der Waals surface area (Å²) < 4.78 is 0. The molecule has 8 aliphatic carbocycles. The third-order valence-corrected chi connectivity index (χ3v) is 23.4. The predicted octanol–water partition coefficient (Wildman–Crippen LogP) is 7.63. The molecule has 9 rings (SSSR count). The van der Waals surface area contributed by atoms with Crippen LogP contribution in [-0.4, -0.2) is 25.0 Å². The van der Waals surface area contributed by atoms with Crippen LogP contribution in [0, 0.1) is 47.3 Å². The molecule has 8 aliphatic rings. The van der Waals surface area contributed by atoms with Gasteiger partial charge in [-0.3, -0.25) is 0 Å². The van der Waals surface area contributed by atoms with E-state index in [0.717, 1.165) is 64.6 Å². The van der Waals surface area contributed by atoms with Gasteiger partial charge in [-0.15, -0.1) is 11.6 Å². The summed E-state index contributed by atoms with van der Waals surface area (Å²) in [5, 5.41) is 0.895. The van der Waals surface area contributed by atoms with Crippen molar-refractivity contribution in [2.24, 2.45) is 47.3 Å². The lowest BCUT2D eigenvalue weighted by Gasteiger charge is -2.34. The molecule has 158 valence electrons. The van der Waals surface area contributed by atoms with Crippen molar-refractivity contribution in [3.63, 3.8) is 0 Å². The third-order valence-electron chi connectivity index (χ3n) is 10.5. The van der Waals surface area contributed by atoms with Gasteiger partial charge in [-0.25, -0.2) is 0 Å². The van der Waals surface area contributed by atoms with E-state index in [2.05, 4.69) is 88.3 Å². The first kappa shape index (κ1) is 21.3. The molecule has 8 bridgehead atoms. The fraction of sp³-hybridized carbons (Fsp3) is 0.739. The predicted molar refractivity (Wildman–Crippen MR) is 154 cm³/mol. The minimum absolute atomic E-state index is 0.0120. The van der Waals surface area contributed by atoms with Crippen LogP contribution in [0.25, 0.3) is 0 Å². The first-order chi connectivity index (χ1) is 14.4. The molecular weight excluding hydrogens is 649 g/mol. The molecule has 0 amide bonds. The largest absolute Gasteiger partial charge is 0.170 e. The number of halogens is 3.